The molecule has 0 bridgehead atoms. The van der Waals surface area contributed by atoms with Crippen LogP contribution in [-0.4, -0.2) is 132 Å². The summed E-state index contributed by atoms with van der Waals surface area (Å²) in [7, 11) is 0. The second-order valence-corrected chi connectivity index (χ2v) is 11.3. The standard InChI is InChI=1S/C19H42N2.8C2H4O/c1-3-5-7-9-11-13-16-20-18-15-19-21-17-14-12-10-8-6-4-2;8*1-2-3-1/h20-21H,3-19H2,1-2H3;8*1-2H2. The number of ether oxygens (including phenoxy) is 8. The highest BCUT2D eigenvalue weighted by atomic mass is 16.6. The summed E-state index contributed by atoms with van der Waals surface area (Å²) in [5, 5.41) is 7.12. The first kappa shape index (κ1) is 44.6. The van der Waals surface area contributed by atoms with E-state index in [9.17, 15) is 0 Å². The highest BCUT2D eigenvalue weighted by Gasteiger charge is 1.97. The van der Waals surface area contributed by atoms with Crippen LogP contribution < -0.4 is 10.6 Å². The van der Waals surface area contributed by atoms with Crippen molar-refractivity contribution in [2.24, 2.45) is 0 Å². The van der Waals surface area contributed by atoms with E-state index in [-0.39, 0.29) is 0 Å². The Kier molecular flexibility index (Phi) is 43.2. The van der Waals surface area contributed by atoms with Gasteiger partial charge in [0, 0.05) is 0 Å². The predicted molar refractivity (Wildman–Crippen MR) is 184 cm³/mol. The van der Waals surface area contributed by atoms with Crippen molar-refractivity contribution in [1.82, 2.24) is 10.6 Å². The maximum Gasteiger partial charge on any atom is 0.0701 e. The van der Waals surface area contributed by atoms with E-state index in [0.29, 0.717) is 0 Å². The fourth-order valence-electron chi connectivity index (χ4n) is 2.65. The van der Waals surface area contributed by atoms with Gasteiger partial charge in [0.25, 0.3) is 0 Å². The molecule has 0 saturated carbocycles. The summed E-state index contributed by atoms with van der Waals surface area (Å²) < 4.78 is 36.0. The molecule has 8 rings (SSSR count). The third-order valence-corrected chi connectivity index (χ3v) is 5.75. The highest BCUT2D eigenvalue weighted by molar-refractivity contribution is 4.54. The number of nitrogens with one attached hydrogen (secondary N) is 2. The zero-order chi connectivity index (χ0) is 32.4. The lowest BCUT2D eigenvalue weighted by molar-refractivity contribution is 0.475. The van der Waals surface area contributed by atoms with Crippen molar-refractivity contribution in [3.63, 3.8) is 0 Å². The fraction of sp³-hybridized carbons (Fsp3) is 1.00. The molecule has 0 aromatic heterocycles. The van der Waals surface area contributed by atoms with E-state index >= 15 is 0 Å². The Balaban J connectivity index is 0.000000618. The van der Waals surface area contributed by atoms with Crippen LogP contribution in [0.25, 0.3) is 0 Å². The van der Waals surface area contributed by atoms with Crippen LogP contribution in [0, 0.1) is 0 Å². The number of unbranched alkanes of at least 4 members (excludes halogenated alkanes) is 10. The Bertz CT molecular complexity index is 380. The minimum Gasteiger partial charge on any atom is -0.377 e. The average Bonchev–Trinajstić information content (AvgIpc) is 3.90. The molecule has 10 heteroatoms. The van der Waals surface area contributed by atoms with Crippen LogP contribution in [0.15, 0.2) is 0 Å². The van der Waals surface area contributed by atoms with E-state index in [1.54, 1.807) is 0 Å². The second kappa shape index (κ2) is 43.6. The highest BCUT2D eigenvalue weighted by Crippen LogP contribution is 2.05. The summed E-state index contributed by atoms with van der Waals surface area (Å²) in [6.07, 6.45) is 18.0. The van der Waals surface area contributed by atoms with Crippen LogP contribution in [0.4, 0.5) is 0 Å². The smallest absolute Gasteiger partial charge is 0.0701 e. The lowest BCUT2D eigenvalue weighted by Gasteiger charge is -2.06. The van der Waals surface area contributed by atoms with Gasteiger partial charge >= 0.3 is 0 Å². The average molecular weight is 651 g/mol. The van der Waals surface area contributed by atoms with Gasteiger partial charge in [-0.25, -0.2) is 0 Å². The SMILES string of the molecule is C1CO1.C1CO1.C1CO1.C1CO1.C1CO1.C1CO1.C1CO1.C1CO1.CCCCCCCCNCCCNCCCCCCCC. The zero-order valence-corrected chi connectivity index (χ0v) is 29.6. The van der Waals surface area contributed by atoms with Gasteiger partial charge in [-0.2, -0.15) is 0 Å². The van der Waals surface area contributed by atoms with Gasteiger partial charge in [-0.05, 0) is 45.4 Å². The predicted octanol–water partition coefficient (Wildman–Crippen LogP) is 5.41. The molecule has 0 amide bonds. The first-order chi connectivity index (χ1) is 22.4. The van der Waals surface area contributed by atoms with Crippen LogP contribution in [0.1, 0.15) is 97.3 Å². The van der Waals surface area contributed by atoms with E-state index in [2.05, 4.69) is 62.4 Å². The molecule has 8 aliphatic rings. The summed E-state index contributed by atoms with van der Waals surface area (Å²) in [6.45, 7) is 25.3. The van der Waals surface area contributed by atoms with Crippen LogP contribution in [0.5, 0.6) is 0 Å². The first-order valence-electron chi connectivity index (χ1n) is 18.4. The van der Waals surface area contributed by atoms with Gasteiger partial charge in [0.05, 0.1) is 106 Å². The normalized spacial score (nSPS) is 18.0. The fourth-order valence-corrected chi connectivity index (χ4v) is 2.65. The Morgan fingerprint density at radius 1 is 0.267 bits per heavy atom. The molecular formula is C35H74N2O8. The minimum atomic E-state index is 1.00. The molecule has 0 radical (unpaired) electrons. The second-order valence-electron chi connectivity index (χ2n) is 11.3. The molecule has 0 unspecified atom stereocenters. The zero-order valence-electron chi connectivity index (χ0n) is 29.6. The summed E-state index contributed by atoms with van der Waals surface area (Å²) in [4.78, 5) is 0. The molecule has 272 valence electrons. The number of epoxide rings is 8. The van der Waals surface area contributed by atoms with Crippen molar-refractivity contribution in [3.8, 4) is 0 Å². The molecular weight excluding hydrogens is 576 g/mol. The summed E-state index contributed by atoms with van der Waals surface area (Å²) in [6, 6.07) is 0. The molecule has 0 aromatic carbocycles. The quantitative estimate of drug-likeness (QED) is 0.147. The van der Waals surface area contributed by atoms with Gasteiger partial charge < -0.3 is 48.5 Å². The lowest BCUT2D eigenvalue weighted by atomic mass is 10.1. The largest absolute Gasteiger partial charge is 0.377 e. The molecule has 0 atom stereocenters. The van der Waals surface area contributed by atoms with Crippen LogP contribution in [0.2, 0.25) is 0 Å². The van der Waals surface area contributed by atoms with E-state index in [4.69, 9.17) is 0 Å². The number of hydrogen-bond donors (Lipinski definition) is 2. The van der Waals surface area contributed by atoms with E-state index in [0.717, 1.165) is 106 Å². The summed E-state index contributed by atoms with van der Waals surface area (Å²) >= 11 is 0. The van der Waals surface area contributed by atoms with Crippen LogP contribution in [0.3, 0.4) is 0 Å². The first-order valence-corrected chi connectivity index (χ1v) is 18.4. The molecule has 2 N–H and O–H groups in total. The van der Waals surface area contributed by atoms with E-state index < -0.39 is 0 Å². The minimum absolute atomic E-state index is 1.00. The van der Waals surface area contributed by atoms with Crippen molar-refractivity contribution in [2.45, 2.75) is 97.3 Å². The Morgan fingerprint density at radius 3 is 0.644 bits per heavy atom. The number of rotatable bonds is 18. The van der Waals surface area contributed by atoms with Gasteiger partial charge in [-0.1, -0.05) is 78.1 Å². The molecule has 10 nitrogen and oxygen atoms in total. The topological polar surface area (TPSA) is 124 Å². The van der Waals surface area contributed by atoms with Gasteiger partial charge in [0.15, 0.2) is 0 Å². The Morgan fingerprint density at radius 2 is 0.444 bits per heavy atom. The van der Waals surface area contributed by atoms with Crippen LogP contribution >= 0.6 is 0 Å². The van der Waals surface area contributed by atoms with Gasteiger partial charge in [-0.15, -0.1) is 0 Å². The van der Waals surface area contributed by atoms with Crippen molar-refractivity contribution in [3.05, 3.63) is 0 Å². The Hall–Kier alpha value is -0.400. The maximum atomic E-state index is 4.50. The third-order valence-electron chi connectivity index (χ3n) is 5.75. The Labute approximate surface area is 277 Å². The monoisotopic (exact) mass is 651 g/mol. The van der Waals surface area contributed by atoms with Gasteiger partial charge in [0.2, 0.25) is 0 Å². The summed E-state index contributed by atoms with van der Waals surface area (Å²) in [5.74, 6) is 0. The lowest BCUT2D eigenvalue weighted by Crippen LogP contribution is -2.23. The van der Waals surface area contributed by atoms with Crippen molar-refractivity contribution >= 4 is 0 Å². The maximum absolute atomic E-state index is 4.50. The third kappa shape index (κ3) is 115. The molecule has 8 saturated heterocycles. The van der Waals surface area contributed by atoms with Gasteiger partial charge in [-0.3, -0.25) is 0 Å². The number of hydrogen-bond acceptors (Lipinski definition) is 10. The molecule has 0 spiro atoms. The van der Waals surface area contributed by atoms with Gasteiger partial charge in [0.1, 0.15) is 0 Å². The molecule has 8 heterocycles. The van der Waals surface area contributed by atoms with Crippen molar-refractivity contribution < 1.29 is 37.9 Å². The van der Waals surface area contributed by atoms with Crippen molar-refractivity contribution in [1.29, 1.82) is 0 Å². The molecule has 8 fully saturated rings. The van der Waals surface area contributed by atoms with Crippen molar-refractivity contribution in [2.75, 3.05) is 132 Å². The molecule has 45 heavy (non-hydrogen) atoms. The van der Waals surface area contributed by atoms with E-state index in [1.807, 2.05) is 0 Å². The molecule has 8 aliphatic heterocycles. The van der Waals surface area contributed by atoms with Crippen LogP contribution in [-0.2, 0) is 37.9 Å². The molecule has 0 aliphatic carbocycles. The molecule has 0 aromatic rings. The van der Waals surface area contributed by atoms with E-state index in [1.165, 1.54) is 110 Å². The summed E-state index contributed by atoms with van der Waals surface area (Å²) in [5.41, 5.74) is 0.